The molecule has 0 fully saturated rings. The Balaban J connectivity index is 3.90. The molecule has 0 aromatic carbocycles. The Morgan fingerprint density at radius 3 is 2.11 bits per heavy atom. The molecule has 5 heteroatoms. The highest BCUT2D eigenvalue weighted by atomic mass is 32.2. The van der Waals surface area contributed by atoms with Crippen LogP contribution >= 0.6 is 0 Å². The summed E-state index contributed by atoms with van der Waals surface area (Å²) in [5, 5.41) is 0. The van der Waals surface area contributed by atoms with Crippen molar-refractivity contribution in [1.29, 1.82) is 0 Å². The topological polar surface area (TPSA) is 37.4 Å². The third-order valence-electron chi connectivity index (χ3n) is 1.10. The van der Waals surface area contributed by atoms with Crippen LogP contribution in [-0.2, 0) is 10.0 Å². The summed E-state index contributed by atoms with van der Waals surface area (Å²) in [6.07, 6.45) is 2.08. The zero-order valence-electron chi connectivity index (χ0n) is 6.09. The molecule has 0 aromatic rings. The normalized spacial score (nSPS) is 12.3. The molecule has 9 heavy (non-hydrogen) atoms. The Morgan fingerprint density at radius 1 is 1.56 bits per heavy atom. The molecule has 0 saturated carbocycles. The van der Waals surface area contributed by atoms with Gasteiger partial charge in [-0.3, -0.25) is 0 Å². The number of nitrogens with zero attached hydrogens (tertiary/aromatic N) is 1. The van der Waals surface area contributed by atoms with E-state index < -0.39 is 10.0 Å². The van der Waals surface area contributed by atoms with Crippen molar-refractivity contribution in [3.63, 3.8) is 0 Å². The van der Waals surface area contributed by atoms with Crippen molar-refractivity contribution >= 4 is 17.9 Å². The minimum absolute atomic E-state index is 0.610. The van der Waals surface area contributed by atoms with E-state index in [1.165, 1.54) is 10.6 Å². The lowest BCUT2D eigenvalue weighted by atomic mass is 10.1. The molecule has 54 valence electrons. The van der Waals surface area contributed by atoms with E-state index >= 15 is 0 Å². The van der Waals surface area contributed by atoms with Gasteiger partial charge in [-0.05, 0) is 0 Å². The van der Waals surface area contributed by atoms with E-state index in [0.29, 0.717) is 6.54 Å². The molecule has 0 saturated heterocycles. The fourth-order valence-electron chi connectivity index (χ4n) is 0.481. The largest absolute Gasteiger partial charge is 0.213 e. The molecule has 0 bridgehead atoms. The predicted molar refractivity (Wildman–Crippen MR) is 40.8 cm³/mol. The summed E-state index contributed by atoms with van der Waals surface area (Å²) >= 11 is 0. The average Bonchev–Trinajstić information content (AvgIpc) is 1.64. The van der Waals surface area contributed by atoms with E-state index in [4.69, 9.17) is 0 Å². The van der Waals surface area contributed by atoms with Gasteiger partial charge in [-0.15, -0.1) is 0 Å². The molecule has 3 nitrogen and oxygen atoms in total. The van der Waals surface area contributed by atoms with Gasteiger partial charge in [0.1, 0.15) is 7.85 Å². The molecule has 0 rings (SSSR count). The van der Waals surface area contributed by atoms with Gasteiger partial charge in [0.25, 0.3) is 0 Å². The van der Waals surface area contributed by atoms with Gasteiger partial charge < -0.3 is 0 Å². The summed E-state index contributed by atoms with van der Waals surface area (Å²) in [5.41, 5.74) is 0. The number of hydrogen-bond acceptors (Lipinski definition) is 2. The Kier molecular flexibility index (Phi) is 3.21. The van der Waals surface area contributed by atoms with Crippen molar-refractivity contribution in [2.45, 2.75) is 6.32 Å². The van der Waals surface area contributed by atoms with E-state index in [2.05, 4.69) is 0 Å². The van der Waals surface area contributed by atoms with Crippen LogP contribution in [0.25, 0.3) is 0 Å². The molecule has 0 unspecified atom stereocenters. The van der Waals surface area contributed by atoms with E-state index in [0.717, 1.165) is 6.32 Å². The summed E-state index contributed by atoms with van der Waals surface area (Å²) in [6, 6.07) is 0. The maximum Gasteiger partial charge on any atom is 0.210 e. The first kappa shape index (κ1) is 8.97. The van der Waals surface area contributed by atoms with Crippen LogP contribution in [0, 0.1) is 0 Å². The summed E-state index contributed by atoms with van der Waals surface area (Å²) < 4.78 is 22.6. The summed E-state index contributed by atoms with van der Waals surface area (Å²) in [4.78, 5) is 0. The molecule has 0 atom stereocenters. The summed E-state index contributed by atoms with van der Waals surface area (Å²) in [7, 11) is 0.597. The number of rotatable bonds is 3. The van der Waals surface area contributed by atoms with Gasteiger partial charge in [-0.2, -0.15) is 0 Å². The molecule has 0 aliphatic rings. The van der Waals surface area contributed by atoms with Crippen molar-refractivity contribution in [1.82, 2.24) is 4.31 Å². The van der Waals surface area contributed by atoms with Crippen LogP contribution in [0.5, 0.6) is 0 Å². The molecule has 0 N–H and O–H groups in total. The van der Waals surface area contributed by atoms with Crippen molar-refractivity contribution < 1.29 is 8.42 Å². The lowest BCUT2D eigenvalue weighted by Crippen LogP contribution is -2.26. The van der Waals surface area contributed by atoms with Crippen LogP contribution in [-0.4, -0.2) is 40.4 Å². The first-order chi connectivity index (χ1) is 3.98. The van der Waals surface area contributed by atoms with Crippen LogP contribution in [0.3, 0.4) is 0 Å². The number of sulfonamides is 1. The van der Waals surface area contributed by atoms with Crippen LogP contribution in [0.4, 0.5) is 0 Å². The first-order valence-electron chi connectivity index (χ1n) is 2.89. The Hall–Kier alpha value is -0.0251. The molecular weight excluding hydrogens is 137 g/mol. The SMILES string of the molecule is BCCN(C)S(C)(=O)=O. The molecule has 0 aliphatic heterocycles. The van der Waals surface area contributed by atoms with Gasteiger partial charge in [-0.25, -0.2) is 12.7 Å². The zero-order valence-corrected chi connectivity index (χ0v) is 6.90. The highest BCUT2D eigenvalue weighted by Gasteiger charge is 2.07. The van der Waals surface area contributed by atoms with Crippen molar-refractivity contribution in [2.75, 3.05) is 19.8 Å². The van der Waals surface area contributed by atoms with Crippen LogP contribution in [0.2, 0.25) is 6.32 Å². The van der Waals surface area contributed by atoms with E-state index in [-0.39, 0.29) is 0 Å². The van der Waals surface area contributed by atoms with Gasteiger partial charge >= 0.3 is 0 Å². The maximum absolute atomic E-state index is 10.6. The minimum Gasteiger partial charge on any atom is -0.213 e. The minimum atomic E-state index is -2.93. The van der Waals surface area contributed by atoms with Crippen molar-refractivity contribution in [3.8, 4) is 0 Å². The molecule has 0 radical (unpaired) electrons. The maximum atomic E-state index is 10.6. The smallest absolute Gasteiger partial charge is 0.210 e. The van der Waals surface area contributed by atoms with Crippen LogP contribution in [0.15, 0.2) is 0 Å². The van der Waals surface area contributed by atoms with Crippen molar-refractivity contribution in [2.24, 2.45) is 0 Å². The second kappa shape index (κ2) is 3.22. The lowest BCUT2D eigenvalue weighted by Gasteiger charge is -2.11. The van der Waals surface area contributed by atoms with Gasteiger partial charge in [0, 0.05) is 13.6 Å². The Morgan fingerprint density at radius 2 is 2.00 bits per heavy atom. The molecule has 0 amide bonds. The average molecular weight is 149 g/mol. The lowest BCUT2D eigenvalue weighted by molar-refractivity contribution is 0.492. The molecule has 0 aliphatic carbocycles. The van der Waals surface area contributed by atoms with Crippen molar-refractivity contribution in [3.05, 3.63) is 0 Å². The second-order valence-corrected chi connectivity index (χ2v) is 4.17. The summed E-state index contributed by atoms with van der Waals surface area (Å²) in [6.45, 7) is 0.610. The highest BCUT2D eigenvalue weighted by Crippen LogP contribution is 1.92. The molecule has 0 heterocycles. The van der Waals surface area contributed by atoms with Gasteiger partial charge in [0.15, 0.2) is 0 Å². The van der Waals surface area contributed by atoms with Gasteiger partial charge in [-0.1, -0.05) is 6.32 Å². The van der Waals surface area contributed by atoms with E-state index in [9.17, 15) is 8.42 Å². The Labute approximate surface area is 57.5 Å². The van der Waals surface area contributed by atoms with Gasteiger partial charge in [0.2, 0.25) is 10.0 Å². The predicted octanol–water partition coefficient (Wildman–Crippen LogP) is -1.07. The quantitative estimate of drug-likeness (QED) is 0.479. The Bertz CT molecular complexity index is 165. The van der Waals surface area contributed by atoms with Gasteiger partial charge in [0.05, 0.1) is 6.26 Å². The fourth-order valence-corrected chi connectivity index (χ4v) is 0.995. The molecule has 0 spiro atoms. The standard InChI is InChI=1S/C4H12BNO2S/c1-6(4-3-5)9(2,7)8/h3-5H2,1-2H3. The summed E-state index contributed by atoms with van der Waals surface area (Å²) in [5.74, 6) is 0. The third-order valence-corrected chi connectivity index (χ3v) is 2.42. The van der Waals surface area contributed by atoms with Crippen LogP contribution < -0.4 is 0 Å². The van der Waals surface area contributed by atoms with E-state index in [1.54, 1.807) is 7.05 Å². The third kappa shape index (κ3) is 3.53. The van der Waals surface area contributed by atoms with Crippen LogP contribution in [0.1, 0.15) is 0 Å². The monoisotopic (exact) mass is 149 g/mol. The van der Waals surface area contributed by atoms with E-state index in [1.807, 2.05) is 7.85 Å². The highest BCUT2D eigenvalue weighted by molar-refractivity contribution is 7.88. The zero-order chi connectivity index (χ0) is 7.49. The fraction of sp³-hybridized carbons (Fsp3) is 1.00. The molecular formula is C4H12BNO2S. The first-order valence-corrected chi connectivity index (χ1v) is 4.74. The number of hydrogen-bond donors (Lipinski definition) is 0. The second-order valence-electron chi connectivity index (χ2n) is 2.08. The molecule has 0 aromatic heterocycles.